The molecule has 154 valence electrons. The lowest BCUT2D eigenvalue weighted by Crippen LogP contribution is -2.42. The van der Waals surface area contributed by atoms with E-state index in [0.29, 0.717) is 17.3 Å². The number of halogens is 1. The van der Waals surface area contributed by atoms with Gasteiger partial charge in [-0.25, -0.2) is 4.79 Å². The second-order valence-electron chi connectivity index (χ2n) is 7.75. The van der Waals surface area contributed by atoms with Crippen LogP contribution in [-0.2, 0) is 0 Å². The van der Waals surface area contributed by atoms with E-state index in [4.69, 9.17) is 16.3 Å². The number of imidazole rings is 1. The molecule has 1 atom stereocenters. The van der Waals surface area contributed by atoms with E-state index in [9.17, 15) is 9.90 Å². The summed E-state index contributed by atoms with van der Waals surface area (Å²) >= 11 is 6.14. The quantitative estimate of drug-likeness (QED) is 0.647. The number of aliphatic hydroxyl groups is 1. The van der Waals surface area contributed by atoms with Gasteiger partial charge < -0.3 is 19.7 Å². The Morgan fingerprint density at radius 1 is 1.24 bits per heavy atom. The molecule has 0 spiro atoms. The van der Waals surface area contributed by atoms with Crippen molar-refractivity contribution in [2.45, 2.75) is 31.9 Å². The minimum absolute atomic E-state index is 0.0480. The summed E-state index contributed by atoms with van der Waals surface area (Å²) in [5, 5.41) is 10.9. The number of hydrogen-bond acceptors (Lipinski definition) is 4. The lowest BCUT2D eigenvalue weighted by atomic mass is 10.0. The summed E-state index contributed by atoms with van der Waals surface area (Å²) in [6.45, 7) is 4.38. The van der Waals surface area contributed by atoms with E-state index in [1.165, 1.54) is 0 Å². The fourth-order valence-corrected chi connectivity index (χ4v) is 4.23. The first-order valence-electron chi connectivity index (χ1n) is 10.00. The highest BCUT2D eigenvalue weighted by atomic mass is 35.5. The molecule has 0 aliphatic carbocycles. The van der Waals surface area contributed by atoms with Crippen LogP contribution in [0, 0.1) is 6.92 Å². The van der Waals surface area contributed by atoms with Gasteiger partial charge in [0.15, 0.2) is 0 Å². The number of β-amino-alcohol motifs (C(OH)–C–C–N with tert-alkyl or cyclic N) is 1. The van der Waals surface area contributed by atoms with Crippen molar-refractivity contribution in [3.05, 3.63) is 63.5 Å². The molecule has 1 aliphatic rings. The summed E-state index contributed by atoms with van der Waals surface area (Å²) in [4.78, 5) is 17.6. The second-order valence-corrected chi connectivity index (χ2v) is 8.15. The first-order chi connectivity index (χ1) is 14.0. The standard InChI is InChI=1S/C22H26ClN3O3/c1-15-6-7-18(23)21(12-15)29-14-17(27)13-25-10-8-16(9-11-25)26-20-5-3-2-4-19(20)24-22(26)28/h2-7,12,16-17,27H,8-11,13-14H2,1H3,(H,24,28)/t17-/m1/s1. The SMILES string of the molecule is Cc1ccc(Cl)c(OC[C@H](O)CN2CCC(n3c(=O)[nH]c4ccccc43)CC2)c1. The number of aliphatic hydroxyl groups excluding tert-OH is 1. The molecule has 29 heavy (non-hydrogen) atoms. The fraction of sp³-hybridized carbons (Fsp3) is 0.409. The maximum absolute atomic E-state index is 12.4. The maximum Gasteiger partial charge on any atom is 0.326 e. The number of fused-ring (bicyclic) bond motifs is 1. The highest BCUT2D eigenvalue weighted by Gasteiger charge is 2.24. The maximum atomic E-state index is 12.4. The lowest BCUT2D eigenvalue weighted by molar-refractivity contribution is 0.0559. The van der Waals surface area contributed by atoms with Crippen LogP contribution in [0.5, 0.6) is 5.75 Å². The number of piperidine rings is 1. The molecule has 0 bridgehead atoms. The Labute approximate surface area is 174 Å². The Hall–Kier alpha value is -2.28. The number of likely N-dealkylation sites (tertiary alicyclic amines) is 1. The highest BCUT2D eigenvalue weighted by Crippen LogP contribution is 2.26. The summed E-state index contributed by atoms with van der Waals surface area (Å²) < 4.78 is 7.59. The van der Waals surface area contributed by atoms with Crippen molar-refractivity contribution in [1.29, 1.82) is 0 Å². The topological polar surface area (TPSA) is 70.5 Å². The Kier molecular flexibility index (Phi) is 5.94. The average Bonchev–Trinajstić information content (AvgIpc) is 3.05. The molecule has 1 fully saturated rings. The second kappa shape index (κ2) is 8.61. The molecule has 0 saturated carbocycles. The predicted molar refractivity (Wildman–Crippen MR) is 115 cm³/mol. The number of benzene rings is 2. The molecule has 2 heterocycles. The van der Waals surface area contributed by atoms with Gasteiger partial charge in [-0.15, -0.1) is 0 Å². The van der Waals surface area contributed by atoms with E-state index in [-0.39, 0.29) is 18.3 Å². The number of ether oxygens (including phenoxy) is 1. The molecular formula is C22H26ClN3O3. The average molecular weight is 416 g/mol. The Morgan fingerprint density at radius 2 is 2.00 bits per heavy atom. The number of aryl methyl sites for hydroxylation is 1. The monoisotopic (exact) mass is 415 g/mol. The van der Waals surface area contributed by atoms with Crippen LogP contribution in [0.4, 0.5) is 0 Å². The largest absolute Gasteiger partial charge is 0.489 e. The van der Waals surface area contributed by atoms with Crippen LogP contribution < -0.4 is 10.4 Å². The van der Waals surface area contributed by atoms with Gasteiger partial charge in [0.2, 0.25) is 0 Å². The minimum Gasteiger partial charge on any atom is -0.489 e. The van der Waals surface area contributed by atoms with Crippen molar-refractivity contribution >= 4 is 22.6 Å². The summed E-state index contributed by atoms with van der Waals surface area (Å²) in [7, 11) is 0. The van der Waals surface area contributed by atoms with Gasteiger partial charge in [-0.05, 0) is 49.6 Å². The summed E-state index contributed by atoms with van der Waals surface area (Å²) in [6.07, 6.45) is 1.15. The number of aromatic amines is 1. The normalized spacial score (nSPS) is 16.9. The van der Waals surface area contributed by atoms with Gasteiger partial charge in [-0.2, -0.15) is 0 Å². The van der Waals surface area contributed by atoms with E-state index in [2.05, 4.69) is 9.88 Å². The molecule has 1 aliphatic heterocycles. The molecule has 2 aromatic carbocycles. The number of para-hydroxylation sites is 2. The molecule has 1 saturated heterocycles. The van der Waals surface area contributed by atoms with E-state index in [1.54, 1.807) is 6.07 Å². The molecule has 2 N–H and O–H groups in total. The Bertz CT molecular complexity index is 1040. The van der Waals surface area contributed by atoms with Crippen molar-refractivity contribution in [1.82, 2.24) is 14.5 Å². The van der Waals surface area contributed by atoms with Crippen molar-refractivity contribution in [3.63, 3.8) is 0 Å². The molecule has 1 aromatic heterocycles. The van der Waals surface area contributed by atoms with Gasteiger partial charge in [0, 0.05) is 25.7 Å². The summed E-state index contributed by atoms with van der Waals surface area (Å²) in [5.41, 5.74) is 2.85. The van der Waals surface area contributed by atoms with Gasteiger partial charge in [0.05, 0.1) is 16.1 Å². The zero-order valence-corrected chi connectivity index (χ0v) is 17.2. The number of hydrogen-bond donors (Lipinski definition) is 2. The highest BCUT2D eigenvalue weighted by molar-refractivity contribution is 6.32. The third-order valence-corrected chi connectivity index (χ3v) is 5.85. The molecule has 3 aromatic rings. The first-order valence-corrected chi connectivity index (χ1v) is 10.4. The molecule has 6 nitrogen and oxygen atoms in total. The number of nitrogens with one attached hydrogen (secondary N) is 1. The van der Waals surface area contributed by atoms with Crippen LogP contribution in [-0.4, -0.2) is 51.9 Å². The molecule has 4 rings (SSSR count). The fourth-order valence-electron chi connectivity index (χ4n) is 4.05. The van der Waals surface area contributed by atoms with E-state index < -0.39 is 6.10 Å². The van der Waals surface area contributed by atoms with Crippen LogP contribution in [0.3, 0.4) is 0 Å². The lowest BCUT2D eigenvalue weighted by Gasteiger charge is -2.33. The molecule has 7 heteroatoms. The zero-order valence-electron chi connectivity index (χ0n) is 16.5. The molecule has 0 amide bonds. The van der Waals surface area contributed by atoms with Gasteiger partial charge in [-0.3, -0.25) is 4.57 Å². The summed E-state index contributed by atoms with van der Waals surface area (Å²) in [6, 6.07) is 13.6. The summed E-state index contributed by atoms with van der Waals surface area (Å²) in [5.74, 6) is 0.600. The van der Waals surface area contributed by atoms with Gasteiger partial charge in [0.1, 0.15) is 18.5 Å². The zero-order chi connectivity index (χ0) is 20.4. The third kappa shape index (κ3) is 4.50. The van der Waals surface area contributed by atoms with Crippen LogP contribution in [0.1, 0.15) is 24.4 Å². The van der Waals surface area contributed by atoms with Crippen LogP contribution in [0.25, 0.3) is 11.0 Å². The Morgan fingerprint density at radius 3 is 2.79 bits per heavy atom. The predicted octanol–water partition coefficient (Wildman–Crippen LogP) is 3.37. The number of H-pyrrole nitrogens is 1. The van der Waals surface area contributed by atoms with Crippen molar-refractivity contribution in [2.75, 3.05) is 26.2 Å². The van der Waals surface area contributed by atoms with Crippen LogP contribution >= 0.6 is 11.6 Å². The molecule has 0 radical (unpaired) electrons. The minimum atomic E-state index is -0.598. The first kappa shape index (κ1) is 20.0. The van der Waals surface area contributed by atoms with Crippen LogP contribution in [0.2, 0.25) is 5.02 Å². The third-order valence-electron chi connectivity index (χ3n) is 5.53. The Balaban J connectivity index is 1.31. The number of nitrogens with zero attached hydrogens (tertiary/aromatic N) is 2. The van der Waals surface area contributed by atoms with Gasteiger partial charge >= 0.3 is 5.69 Å². The van der Waals surface area contributed by atoms with Crippen molar-refractivity contribution in [2.24, 2.45) is 0 Å². The van der Waals surface area contributed by atoms with Gasteiger partial charge in [-0.1, -0.05) is 29.8 Å². The van der Waals surface area contributed by atoms with Crippen molar-refractivity contribution < 1.29 is 9.84 Å². The van der Waals surface area contributed by atoms with Crippen molar-refractivity contribution in [3.8, 4) is 5.75 Å². The van der Waals surface area contributed by atoms with E-state index in [0.717, 1.165) is 42.5 Å². The number of rotatable bonds is 6. The van der Waals surface area contributed by atoms with Gasteiger partial charge in [0.25, 0.3) is 0 Å². The van der Waals surface area contributed by atoms with E-state index >= 15 is 0 Å². The molecule has 0 unspecified atom stereocenters. The van der Waals surface area contributed by atoms with Crippen LogP contribution in [0.15, 0.2) is 47.3 Å². The smallest absolute Gasteiger partial charge is 0.326 e. The molecular weight excluding hydrogens is 390 g/mol. The number of aromatic nitrogens is 2. The van der Waals surface area contributed by atoms with E-state index in [1.807, 2.05) is 47.9 Å².